The standard InChI is InChI=1S/C35H43ClFN7O5S/c1-20(2)30-33(48)39-22(4)35(49)43(5)13-14-44(17-24-11-12-26(37)25(36)15-24)18-29(45)40-27(16-23-9-7-6-8-10-23)34-41-28(19-50-34)32(47)38-21(3)31(46)42-30/h6-12,15,19-22,27,30H,13-14,16-18H2,1-5H3,(H,38,47)(H,39,48)(H,40,45)(H,42,46)/t21-,22+,27-,30-/m0/s1. The Kier molecular flexibility index (Phi) is 13.4. The van der Waals surface area contributed by atoms with Gasteiger partial charge in [0.25, 0.3) is 5.91 Å². The monoisotopic (exact) mass is 727 g/mol. The number of likely N-dealkylation sites (N-methyl/N-ethyl adjacent to an activating group) is 1. The van der Waals surface area contributed by atoms with Crippen LogP contribution in [0.5, 0.6) is 0 Å². The van der Waals surface area contributed by atoms with Gasteiger partial charge in [-0.1, -0.05) is 61.8 Å². The van der Waals surface area contributed by atoms with Gasteiger partial charge in [-0.15, -0.1) is 11.3 Å². The first-order valence-corrected chi connectivity index (χ1v) is 17.6. The smallest absolute Gasteiger partial charge is 0.271 e. The third-order valence-corrected chi connectivity index (χ3v) is 9.52. The molecule has 50 heavy (non-hydrogen) atoms. The van der Waals surface area contributed by atoms with Crippen LogP contribution in [0.3, 0.4) is 0 Å². The summed E-state index contributed by atoms with van der Waals surface area (Å²) in [5.41, 5.74) is 1.67. The van der Waals surface area contributed by atoms with Crippen molar-refractivity contribution in [2.75, 3.05) is 26.7 Å². The summed E-state index contributed by atoms with van der Waals surface area (Å²) in [7, 11) is 1.59. The maximum atomic E-state index is 13.9. The molecular weight excluding hydrogens is 685 g/mol. The fraction of sp³-hybridized carbons (Fsp3) is 0.429. The first-order chi connectivity index (χ1) is 23.7. The Morgan fingerprint density at radius 1 is 0.920 bits per heavy atom. The molecule has 2 bridgehead atoms. The number of halogens is 2. The predicted molar refractivity (Wildman–Crippen MR) is 189 cm³/mol. The number of hydrogen-bond donors (Lipinski definition) is 4. The van der Waals surface area contributed by atoms with Gasteiger partial charge < -0.3 is 26.2 Å². The summed E-state index contributed by atoms with van der Waals surface area (Å²) in [6, 6.07) is 10.3. The maximum Gasteiger partial charge on any atom is 0.271 e. The van der Waals surface area contributed by atoms with Crippen molar-refractivity contribution < 1.29 is 28.4 Å². The molecule has 3 aromatic rings. The molecule has 0 radical (unpaired) electrons. The highest BCUT2D eigenvalue weighted by molar-refractivity contribution is 7.09. The van der Waals surface area contributed by atoms with Gasteiger partial charge in [0, 0.05) is 32.1 Å². The Labute approximate surface area is 300 Å². The Hall–Kier alpha value is -4.40. The van der Waals surface area contributed by atoms with Gasteiger partial charge in [0.1, 0.15) is 34.6 Å². The molecule has 1 aliphatic heterocycles. The van der Waals surface area contributed by atoms with Crippen LogP contribution < -0.4 is 21.3 Å². The van der Waals surface area contributed by atoms with Gasteiger partial charge in [-0.2, -0.15) is 0 Å². The average molecular weight is 728 g/mol. The van der Waals surface area contributed by atoms with E-state index in [2.05, 4.69) is 26.3 Å². The minimum absolute atomic E-state index is 0.0513. The highest BCUT2D eigenvalue weighted by Crippen LogP contribution is 2.23. The lowest BCUT2D eigenvalue weighted by Gasteiger charge is -2.29. The Balaban J connectivity index is 1.67. The van der Waals surface area contributed by atoms with E-state index < -0.39 is 47.7 Å². The van der Waals surface area contributed by atoms with Crippen LogP contribution in [0.4, 0.5) is 4.39 Å². The van der Waals surface area contributed by atoms with Crippen LogP contribution in [0.15, 0.2) is 53.9 Å². The second kappa shape index (κ2) is 17.5. The molecule has 0 spiro atoms. The fourth-order valence-electron chi connectivity index (χ4n) is 5.40. The summed E-state index contributed by atoms with van der Waals surface area (Å²) < 4.78 is 13.9. The Morgan fingerprint density at radius 3 is 2.32 bits per heavy atom. The number of aromatic nitrogens is 1. The zero-order valence-electron chi connectivity index (χ0n) is 28.7. The quantitative estimate of drug-likeness (QED) is 0.315. The lowest BCUT2D eigenvalue weighted by atomic mass is 10.0. The molecule has 2 aromatic carbocycles. The summed E-state index contributed by atoms with van der Waals surface area (Å²) in [5, 5.41) is 13.1. The molecule has 0 unspecified atom stereocenters. The molecule has 0 fully saturated rings. The lowest BCUT2D eigenvalue weighted by molar-refractivity contribution is -0.136. The largest absolute Gasteiger partial charge is 0.345 e. The molecular formula is C35H43ClFN7O5S. The van der Waals surface area contributed by atoms with E-state index in [4.69, 9.17) is 11.6 Å². The molecule has 1 aromatic heterocycles. The van der Waals surface area contributed by atoms with E-state index in [0.717, 1.165) is 5.56 Å². The van der Waals surface area contributed by atoms with E-state index in [-0.39, 0.29) is 54.6 Å². The number of carbonyl (C=O) groups excluding carboxylic acids is 5. The van der Waals surface area contributed by atoms with Crippen molar-refractivity contribution in [3.8, 4) is 0 Å². The number of hydrogen-bond acceptors (Lipinski definition) is 8. The Morgan fingerprint density at radius 2 is 1.64 bits per heavy atom. The first kappa shape index (κ1) is 38.4. The molecule has 5 amide bonds. The normalized spacial score (nSPS) is 22.3. The number of fused-ring (bicyclic) bond motifs is 2. The highest BCUT2D eigenvalue weighted by Gasteiger charge is 2.31. The summed E-state index contributed by atoms with van der Waals surface area (Å²) in [5.74, 6) is -3.34. The lowest BCUT2D eigenvalue weighted by Crippen LogP contribution is -2.57. The molecule has 4 N–H and O–H groups in total. The second-order valence-electron chi connectivity index (χ2n) is 12.8. The number of carbonyl (C=O) groups is 5. The van der Waals surface area contributed by atoms with Crippen LogP contribution in [0.1, 0.15) is 60.4 Å². The van der Waals surface area contributed by atoms with Gasteiger partial charge in [-0.05, 0) is 49.4 Å². The number of nitrogens with zero attached hydrogens (tertiary/aromatic N) is 3. The van der Waals surface area contributed by atoms with E-state index >= 15 is 0 Å². The first-order valence-electron chi connectivity index (χ1n) is 16.3. The van der Waals surface area contributed by atoms with Gasteiger partial charge in [-0.3, -0.25) is 28.9 Å². The molecule has 268 valence electrons. The number of benzene rings is 2. The van der Waals surface area contributed by atoms with Crippen molar-refractivity contribution in [3.05, 3.63) is 86.6 Å². The average Bonchev–Trinajstić information content (AvgIpc) is 3.57. The number of amides is 5. The van der Waals surface area contributed by atoms with Crippen molar-refractivity contribution in [2.24, 2.45) is 5.92 Å². The summed E-state index contributed by atoms with van der Waals surface area (Å²) in [6.45, 7) is 7.14. The number of nitrogens with one attached hydrogen (secondary N) is 4. The highest BCUT2D eigenvalue weighted by atomic mass is 35.5. The molecule has 12 nitrogen and oxygen atoms in total. The molecule has 0 saturated heterocycles. The number of thiazole rings is 1. The number of rotatable bonds is 5. The Bertz CT molecular complexity index is 1690. The van der Waals surface area contributed by atoms with Crippen LogP contribution in [0.2, 0.25) is 5.02 Å². The fourth-order valence-corrected chi connectivity index (χ4v) is 6.45. The van der Waals surface area contributed by atoms with Gasteiger partial charge in [0.2, 0.25) is 23.6 Å². The predicted octanol–water partition coefficient (Wildman–Crippen LogP) is 3.07. The van der Waals surface area contributed by atoms with Crippen molar-refractivity contribution in [1.29, 1.82) is 0 Å². The SMILES string of the molecule is CC(C)[C@@H]1NC(=O)[C@H](C)NC(=O)c2csc(n2)[C@H](Cc2ccccc2)NC(=O)CN(Cc2ccc(F)c(Cl)c2)CCN(C)C(=O)[C@@H](C)NC1=O. The third-order valence-electron chi connectivity index (χ3n) is 8.27. The van der Waals surface area contributed by atoms with Gasteiger partial charge in [0.05, 0.1) is 17.6 Å². The van der Waals surface area contributed by atoms with Crippen molar-refractivity contribution in [3.63, 3.8) is 0 Å². The molecule has 4 atom stereocenters. The summed E-state index contributed by atoms with van der Waals surface area (Å²) in [4.78, 5) is 74.4. The van der Waals surface area contributed by atoms with Crippen molar-refractivity contribution in [1.82, 2.24) is 36.1 Å². The van der Waals surface area contributed by atoms with E-state index in [0.29, 0.717) is 17.0 Å². The topological polar surface area (TPSA) is 153 Å². The third kappa shape index (κ3) is 10.6. The van der Waals surface area contributed by atoms with Gasteiger partial charge >= 0.3 is 0 Å². The minimum atomic E-state index is -1.01. The van der Waals surface area contributed by atoms with E-state index in [1.165, 1.54) is 35.3 Å². The van der Waals surface area contributed by atoms with Crippen molar-refractivity contribution >= 4 is 52.5 Å². The molecule has 4 rings (SSSR count). The van der Waals surface area contributed by atoms with E-state index in [9.17, 15) is 28.4 Å². The molecule has 0 aliphatic carbocycles. The van der Waals surface area contributed by atoms with Crippen LogP contribution >= 0.6 is 22.9 Å². The van der Waals surface area contributed by atoms with Crippen LogP contribution in [0, 0.1) is 11.7 Å². The van der Waals surface area contributed by atoms with E-state index in [1.54, 1.807) is 44.2 Å². The van der Waals surface area contributed by atoms with Crippen LogP contribution in [-0.2, 0) is 32.1 Å². The molecule has 2 heterocycles. The second-order valence-corrected chi connectivity index (χ2v) is 14.1. The molecule has 0 saturated carbocycles. The summed E-state index contributed by atoms with van der Waals surface area (Å²) >= 11 is 7.25. The van der Waals surface area contributed by atoms with E-state index in [1.807, 2.05) is 30.3 Å². The van der Waals surface area contributed by atoms with Gasteiger partial charge in [-0.25, -0.2) is 9.37 Å². The maximum absolute atomic E-state index is 13.9. The van der Waals surface area contributed by atoms with Crippen LogP contribution in [-0.4, -0.2) is 89.1 Å². The zero-order chi connectivity index (χ0) is 36.5. The van der Waals surface area contributed by atoms with Crippen LogP contribution in [0.25, 0.3) is 0 Å². The van der Waals surface area contributed by atoms with Crippen molar-refractivity contribution in [2.45, 2.75) is 64.8 Å². The zero-order valence-corrected chi connectivity index (χ0v) is 30.2. The minimum Gasteiger partial charge on any atom is -0.345 e. The van der Waals surface area contributed by atoms with Gasteiger partial charge in [0.15, 0.2) is 0 Å². The molecule has 1 aliphatic rings. The molecule has 15 heteroatoms. The summed E-state index contributed by atoms with van der Waals surface area (Å²) in [6.07, 6.45) is 0.389.